The molecule has 0 radical (unpaired) electrons. The van der Waals surface area contributed by atoms with Crippen molar-refractivity contribution in [3.63, 3.8) is 0 Å². The fourth-order valence-electron chi connectivity index (χ4n) is 4.29. The van der Waals surface area contributed by atoms with Crippen LogP contribution in [0, 0.1) is 6.92 Å². The minimum absolute atomic E-state index is 0.0623. The second-order valence-electron chi connectivity index (χ2n) is 7.47. The van der Waals surface area contributed by atoms with Crippen LogP contribution in [0.1, 0.15) is 65.4 Å². The molecule has 0 spiro atoms. The number of rotatable bonds is 7. The summed E-state index contributed by atoms with van der Waals surface area (Å²) >= 11 is 0. The van der Waals surface area contributed by atoms with E-state index in [1.807, 2.05) is 20.8 Å². The van der Waals surface area contributed by atoms with Crippen molar-refractivity contribution in [2.45, 2.75) is 52.4 Å². The third-order valence-electron chi connectivity index (χ3n) is 5.75. The van der Waals surface area contributed by atoms with Crippen molar-refractivity contribution in [3.8, 4) is 0 Å². The smallest absolute Gasteiger partial charge is 0.275 e. The van der Waals surface area contributed by atoms with E-state index in [1.165, 1.54) is 11.2 Å². The topological polar surface area (TPSA) is 90.6 Å². The molecular weight excluding hydrogens is 402 g/mol. The molecule has 1 aliphatic heterocycles. The molecule has 8 heteroatoms. The molecule has 0 unspecified atom stereocenters. The highest BCUT2D eigenvalue weighted by atomic mass is 32.2. The normalized spacial score (nSPS) is 13.7. The Morgan fingerprint density at radius 1 is 1.17 bits per heavy atom. The van der Waals surface area contributed by atoms with Crippen molar-refractivity contribution in [3.05, 3.63) is 46.3 Å². The Hall–Kier alpha value is -2.45. The maximum Gasteiger partial charge on any atom is 0.275 e. The van der Waals surface area contributed by atoms with E-state index in [4.69, 9.17) is 0 Å². The third kappa shape index (κ3) is 3.58. The minimum atomic E-state index is -3.55. The first-order chi connectivity index (χ1) is 14.2. The van der Waals surface area contributed by atoms with Crippen molar-refractivity contribution in [2.24, 2.45) is 0 Å². The molecule has 2 aromatic rings. The summed E-state index contributed by atoms with van der Waals surface area (Å²) in [5.74, 6) is -0.256. The van der Waals surface area contributed by atoms with Crippen molar-refractivity contribution in [1.82, 2.24) is 9.29 Å². The number of carbonyl (C=O) groups is 2. The van der Waals surface area contributed by atoms with Gasteiger partial charge in [0.25, 0.3) is 5.91 Å². The summed E-state index contributed by atoms with van der Waals surface area (Å²) in [6, 6.07) is 4.96. The SMILES string of the molecule is CCc1c(C(=O)N2CCc3cc(S(=O)(=O)N(CC)CC)ccc32)[nH]c(C)c1C(C)=O. The number of hydrogen-bond acceptors (Lipinski definition) is 4. The van der Waals surface area contributed by atoms with Crippen LogP contribution in [0.4, 0.5) is 5.69 Å². The molecule has 2 heterocycles. The standard InChI is InChI=1S/C22H29N3O4S/c1-6-18-20(15(5)26)14(4)23-21(18)22(27)25-12-11-16-13-17(9-10-19(16)25)30(28,29)24(7-2)8-3/h9-10,13,23H,6-8,11-12H2,1-5H3. The van der Waals surface area contributed by atoms with Crippen LogP contribution in [0.3, 0.4) is 0 Å². The Morgan fingerprint density at radius 2 is 1.83 bits per heavy atom. The summed E-state index contributed by atoms with van der Waals surface area (Å²) in [6.07, 6.45) is 1.16. The molecule has 7 nitrogen and oxygen atoms in total. The molecular formula is C22H29N3O4S. The number of sulfonamides is 1. The first-order valence-corrected chi connectivity index (χ1v) is 11.8. The van der Waals surface area contributed by atoms with E-state index in [0.29, 0.717) is 49.4 Å². The largest absolute Gasteiger partial charge is 0.354 e. The number of amides is 1. The highest BCUT2D eigenvalue weighted by Crippen LogP contribution is 2.33. The Balaban J connectivity index is 1.98. The summed E-state index contributed by atoms with van der Waals surface area (Å²) in [5, 5.41) is 0. The number of hydrogen-bond donors (Lipinski definition) is 1. The predicted molar refractivity (Wildman–Crippen MR) is 117 cm³/mol. The van der Waals surface area contributed by atoms with Gasteiger partial charge in [-0.2, -0.15) is 4.31 Å². The number of nitrogens with zero attached hydrogens (tertiary/aromatic N) is 2. The van der Waals surface area contributed by atoms with Gasteiger partial charge in [-0.1, -0.05) is 20.8 Å². The Bertz CT molecular complexity index is 1100. The third-order valence-corrected chi connectivity index (χ3v) is 7.79. The van der Waals surface area contributed by atoms with Crippen molar-refractivity contribution in [2.75, 3.05) is 24.5 Å². The fraction of sp³-hybridized carbons (Fsp3) is 0.455. The van der Waals surface area contributed by atoms with E-state index in [0.717, 1.165) is 16.8 Å². The fourth-order valence-corrected chi connectivity index (χ4v) is 5.80. The zero-order chi connectivity index (χ0) is 22.2. The van der Waals surface area contributed by atoms with Crippen LogP contribution >= 0.6 is 0 Å². The van der Waals surface area contributed by atoms with Crippen LogP contribution in [-0.2, 0) is 22.9 Å². The van der Waals surface area contributed by atoms with Gasteiger partial charge < -0.3 is 9.88 Å². The number of ketones is 1. The van der Waals surface area contributed by atoms with E-state index >= 15 is 0 Å². The highest BCUT2D eigenvalue weighted by molar-refractivity contribution is 7.89. The van der Waals surface area contributed by atoms with Crippen LogP contribution in [0.25, 0.3) is 0 Å². The number of anilines is 1. The van der Waals surface area contributed by atoms with Gasteiger partial charge in [0.2, 0.25) is 10.0 Å². The lowest BCUT2D eigenvalue weighted by Gasteiger charge is -2.20. The first kappa shape index (κ1) is 22.2. The van der Waals surface area contributed by atoms with Crippen molar-refractivity contribution in [1.29, 1.82) is 0 Å². The molecule has 162 valence electrons. The Kier molecular flexibility index (Phi) is 6.19. The molecule has 1 N–H and O–H groups in total. The highest BCUT2D eigenvalue weighted by Gasteiger charge is 2.31. The second-order valence-corrected chi connectivity index (χ2v) is 9.41. The van der Waals surface area contributed by atoms with E-state index < -0.39 is 10.0 Å². The van der Waals surface area contributed by atoms with Gasteiger partial charge in [-0.3, -0.25) is 9.59 Å². The van der Waals surface area contributed by atoms with Gasteiger partial charge in [-0.05, 0) is 56.0 Å². The van der Waals surface area contributed by atoms with E-state index in [2.05, 4.69) is 4.98 Å². The monoisotopic (exact) mass is 431 g/mol. The molecule has 1 amide bonds. The zero-order valence-corrected chi connectivity index (χ0v) is 19.0. The molecule has 1 aromatic heterocycles. The second kappa shape index (κ2) is 8.35. The summed E-state index contributed by atoms with van der Waals surface area (Å²) in [4.78, 5) is 30.4. The molecule has 0 saturated heterocycles. The van der Waals surface area contributed by atoms with Gasteiger partial charge in [0, 0.05) is 36.6 Å². The average Bonchev–Trinajstić information content (AvgIpc) is 3.28. The molecule has 3 rings (SSSR count). The summed E-state index contributed by atoms with van der Waals surface area (Å²) in [6.45, 7) is 10.1. The van der Waals surface area contributed by atoms with Gasteiger partial charge in [0.15, 0.2) is 5.78 Å². The van der Waals surface area contributed by atoms with Gasteiger partial charge in [0.05, 0.1) is 4.90 Å². The lowest BCUT2D eigenvalue weighted by atomic mass is 10.0. The minimum Gasteiger partial charge on any atom is -0.354 e. The molecule has 0 bridgehead atoms. The summed E-state index contributed by atoms with van der Waals surface area (Å²) in [5.41, 5.74) is 4.01. The van der Waals surface area contributed by atoms with Crippen LogP contribution in [0.2, 0.25) is 0 Å². The molecule has 30 heavy (non-hydrogen) atoms. The maximum absolute atomic E-state index is 13.3. The molecule has 0 fully saturated rings. The predicted octanol–water partition coefficient (Wildman–Crippen LogP) is 3.32. The van der Waals surface area contributed by atoms with Gasteiger partial charge in [0.1, 0.15) is 5.69 Å². The van der Waals surface area contributed by atoms with Gasteiger partial charge >= 0.3 is 0 Å². The number of benzene rings is 1. The average molecular weight is 432 g/mol. The number of nitrogens with one attached hydrogen (secondary N) is 1. The number of aromatic amines is 1. The van der Waals surface area contributed by atoms with Crippen LogP contribution in [-0.4, -0.2) is 49.0 Å². The van der Waals surface area contributed by atoms with E-state index in [9.17, 15) is 18.0 Å². The number of H-pyrrole nitrogens is 1. The first-order valence-electron chi connectivity index (χ1n) is 10.3. The molecule has 0 atom stereocenters. The van der Waals surface area contributed by atoms with E-state index in [1.54, 1.807) is 30.0 Å². The summed E-state index contributed by atoms with van der Waals surface area (Å²) in [7, 11) is -3.55. The van der Waals surface area contributed by atoms with Crippen molar-refractivity contribution >= 4 is 27.4 Å². The number of aromatic nitrogens is 1. The molecule has 0 aliphatic carbocycles. The lowest BCUT2D eigenvalue weighted by Crippen LogP contribution is -2.31. The van der Waals surface area contributed by atoms with Gasteiger partial charge in [-0.25, -0.2) is 8.42 Å². The van der Waals surface area contributed by atoms with Crippen molar-refractivity contribution < 1.29 is 18.0 Å². The lowest BCUT2D eigenvalue weighted by molar-refractivity contribution is 0.0983. The Morgan fingerprint density at radius 3 is 2.40 bits per heavy atom. The molecule has 0 saturated carbocycles. The van der Waals surface area contributed by atoms with Gasteiger partial charge in [-0.15, -0.1) is 0 Å². The molecule has 1 aliphatic rings. The maximum atomic E-state index is 13.3. The number of aryl methyl sites for hydroxylation is 1. The molecule has 1 aromatic carbocycles. The number of Topliss-reactive ketones (excluding diaryl/α,β-unsaturated/α-hetero) is 1. The van der Waals surface area contributed by atoms with E-state index in [-0.39, 0.29) is 16.6 Å². The zero-order valence-electron chi connectivity index (χ0n) is 18.2. The van der Waals surface area contributed by atoms with Crippen LogP contribution < -0.4 is 4.90 Å². The number of carbonyl (C=O) groups excluding carboxylic acids is 2. The Labute approximate surface area is 178 Å². The number of fused-ring (bicyclic) bond motifs is 1. The quantitative estimate of drug-likeness (QED) is 0.681. The summed E-state index contributed by atoms with van der Waals surface area (Å²) < 4.78 is 27.1. The van der Waals surface area contributed by atoms with Crippen LogP contribution in [0.15, 0.2) is 23.1 Å². The van der Waals surface area contributed by atoms with Crippen LogP contribution in [0.5, 0.6) is 0 Å².